The molecule has 0 spiro atoms. The van der Waals surface area contributed by atoms with Crippen LogP contribution in [0.5, 0.6) is 0 Å². The van der Waals surface area contributed by atoms with Crippen molar-refractivity contribution in [3.8, 4) is 0 Å². The molecular formula is C10H14KNO3S. The van der Waals surface area contributed by atoms with Crippen molar-refractivity contribution in [2.24, 2.45) is 5.92 Å². The normalized spacial score (nSPS) is 11.2. The summed E-state index contributed by atoms with van der Waals surface area (Å²) in [6.45, 7) is 4.03. The van der Waals surface area contributed by atoms with Gasteiger partial charge in [0, 0.05) is 5.69 Å². The third-order valence-corrected chi connectivity index (χ3v) is 2.88. The average Bonchev–Trinajstić information content (AvgIpc) is 2.05. The molecule has 0 heterocycles. The number of nitrogens with two attached hydrogens (primary N) is 1. The first-order valence-corrected chi connectivity index (χ1v) is 6.06. The molecule has 0 atom stereocenters. The Labute approximate surface area is 139 Å². The van der Waals surface area contributed by atoms with Crippen LogP contribution in [-0.2, 0) is 16.5 Å². The summed E-state index contributed by atoms with van der Waals surface area (Å²) >= 11 is 0. The average molecular weight is 267 g/mol. The van der Waals surface area contributed by atoms with Crippen molar-refractivity contribution in [2.75, 3.05) is 5.73 Å². The molecule has 1 rings (SSSR count). The fraction of sp³-hybridized carbons (Fsp3) is 0.400. The molecule has 0 unspecified atom stereocenters. The molecule has 6 heteroatoms. The summed E-state index contributed by atoms with van der Waals surface area (Å²) in [6.07, 6.45) is 0.725. The fourth-order valence-electron chi connectivity index (χ4n) is 1.39. The van der Waals surface area contributed by atoms with Crippen molar-refractivity contribution < 1.29 is 64.4 Å². The summed E-state index contributed by atoms with van der Waals surface area (Å²) in [5.41, 5.74) is 6.25. The summed E-state index contributed by atoms with van der Waals surface area (Å²) in [7, 11) is -4.47. The van der Waals surface area contributed by atoms with Gasteiger partial charge < -0.3 is 10.3 Å². The van der Waals surface area contributed by atoms with E-state index in [1.165, 1.54) is 12.1 Å². The Bertz CT molecular complexity index is 457. The first-order valence-electron chi connectivity index (χ1n) is 4.65. The van der Waals surface area contributed by atoms with Crippen LogP contribution < -0.4 is 57.1 Å². The quantitative estimate of drug-likeness (QED) is 0.405. The Morgan fingerprint density at radius 1 is 1.38 bits per heavy atom. The summed E-state index contributed by atoms with van der Waals surface area (Å²) in [4.78, 5) is -0.319. The van der Waals surface area contributed by atoms with Gasteiger partial charge in [-0.05, 0) is 30.0 Å². The van der Waals surface area contributed by atoms with Crippen molar-refractivity contribution in [2.45, 2.75) is 25.2 Å². The minimum atomic E-state index is -4.47. The molecule has 0 amide bonds. The smallest absolute Gasteiger partial charge is 0.744 e. The molecule has 0 radical (unpaired) electrons. The minimum Gasteiger partial charge on any atom is -0.744 e. The zero-order valence-electron chi connectivity index (χ0n) is 9.73. The summed E-state index contributed by atoms with van der Waals surface area (Å²) < 4.78 is 32.6. The molecule has 1 aromatic carbocycles. The molecule has 0 aliphatic rings. The molecule has 0 saturated heterocycles. The van der Waals surface area contributed by atoms with Crippen LogP contribution in [0.4, 0.5) is 5.69 Å². The predicted octanol–water partition coefficient (Wildman–Crippen LogP) is -1.62. The van der Waals surface area contributed by atoms with Crippen LogP contribution in [0, 0.1) is 5.92 Å². The molecule has 0 aliphatic carbocycles. The maximum atomic E-state index is 10.9. The predicted molar refractivity (Wildman–Crippen MR) is 57.4 cm³/mol. The maximum absolute atomic E-state index is 10.9. The van der Waals surface area contributed by atoms with Gasteiger partial charge in [-0.1, -0.05) is 19.9 Å². The third kappa shape index (κ3) is 4.83. The van der Waals surface area contributed by atoms with Gasteiger partial charge in [-0.3, -0.25) is 0 Å². The third-order valence-electron chi connectivity index (χ3n) is 1.99. The molecule has 2 N–H and O–H groups in total. The largest absolute Gasteiger partial charge is 1.00 e. The van der Waals surface area contributed by atoms with E-state index in [0.717, 1.165) is 12.0 Å². The fourth-order valence-corrected chi connectivity index (χ4v) is 2.05. The standard InChI is InChI=1S/C10H15NO3S.K/c1-7(2)5-8-3-4-9(11)10(6-8)15(12,13)14;/h3-4,6-7H,5,11H2,1-2H3,(H,12,13,14);/q;+1/p-1. The van der Waals surface area contributed by atoms with E-state index in [4.69, 9.17) is 5.73 Å². The topological polar surface area (TPSA) is 83.2 Å². The van der Waals surface area contributed by atoms with E-state index in [2.05, 4.69) is 0 Å². The molecule has 16 heavy (non-hydrogen) atoms. The monoisotopic (exact) mass is 267 g/mol. The molecule has 0 saturated carbocycles. The second-order valence-electron chi connectivity index (χ2n) is 3.92. The molecule has 1 aromatic rings. The SMILES string of the molecule is CC(C)Cc1ccc(N)c(S(=O)(=O)[O-])c1.[K+]. The Kier molecular flexibility index (Phi) is 6.72. The van der Waals surface area contributed by atoms with E-state index in [0.29, 0.717) is 5.92 Å². The Balaban J connectivity index is 0.00000225. The summed E-state index contributed by atoms with van der Waals surface area (Å²) in [5.74, 6) is 0.399. The molecule has 0 aromatic heterocycles. The van der Waals surface area contributed by atoms with Crippen molar-refractivity contribution >= 4 is 15.8 Å². The van der Waals surface area contributed by atoms with Crippen LogP contribution in [0.25, 0.3) is 0 Å². The Morgan fingerprint density at radius 2 is 1.94 bits per heavy atom. The van der Waals surface area contributed by atoms with Gasteiger partial charge in [-0.15, -0.1) is 0 Å². The zero-order chi connectivity index (χ0) is 11.6. The van der Waals surface area contributed by atoms with Crippen LogP contribution in [0.1, 0.15) is 19.4 Å². The first-order chi connectivity index (χ1) is 6.80. The van der Waals surface area contributed by atoms with E-state index in [1.807, 2.05) is 13.8 Å². The summed E-state index contributed by atoms with van der Waals surface area (Å²) in [5, 5.41) is 0. The van der Waals surface area contributed by atoms with Crippen molar-refractivity contribution in [3.63, 3.8) is 0 Å². The van der Waals surface area contributed by atoms with Crippen molar-refractivity contribution in [3.05, 3.63) is 23.8 Å². The minimum absolute atomic E-state index is 0. The van der Waals surface area contributed by atoms with Gasteiger partial charge in [0.1, 0.15) is 10.1 Å². The molecule has 84 valence electrons. The van der Waals surface area contributed by atoms with Gasteiger partial charge in [0.2, 0.25) is 0 Å². The number of benzene rings is 1. The van der Waals surface area contributed by atoms with Crippen LogP contribution in [0.15, 0.2) is 23.1 Å². The molecule has 0 bridgehead atoms. The zero-order valence-corrected chi connectivity index (χ0v) is 13.7. The second-order valence-corrected chi connectivity index (χ2v) is 5.27. The molecule has 0 aliphatic heterocycles. The summed E-state index contributed by atoms with van der Waals surface area (Å²) in [6, 6.07) is 4.56. The first kappa shape index (κ1) is 16.6. The van der Waals surface area contributed by atoms with Crippen molar-refractivity contribution in [1.29, 1.82) is 0 Å². The van der Waals surface area contributed by atoms with E-state index in [1.54, 1.807) is 6.07 Å². The maximum Gasteiger partial charge on any atom is 1.00 e. The van der Waals surface area contributed by atoms with Crippen LogP contribution in [-0.4, -0.2) is 13.0 Å². The number of hydrogen-bond acceptors (Lipinski definition) is 4. The Morgan fingerprint density at radius 3 is 2.38 bits per heavy atom. The van der Waals surface area contributed by atoms with E-state index >= 15 is 0 Å². The number of anilines is 1. The van der Waals surface area contributed by atoms with Gasteiger partial charge >= 0.3 is 51.4 Å². The van der Waals surface area contributed by atoms with Gasteiger partial charge in [-0.2, -0.15) is 0 Å². The van der Waals surface area contributed by atoms with Crippen LogP contribution >= 0.6 is 0 Å². The number of nitrogen functional groups attached to an aromatic ring is 1. The molecule has 4 nitrogen and oxygen atoms in total. The van der Waals surface area contributed by atoms with Crippen LogP contribution in [0.3, 0.4) is 0 Å². The van der Waals surface area contributed by atoms with Gasteiger partial charge in [-0.25, -0.2) is 8.42 Å². The molecule has 0 fully saturated rings. The molecular weight excluding hydrogens is 253 g/mol. The van der Waals surface area contributed by atoms with Crippen LogP contribution in [0.2, 0.25) is 0 Å². The Hall–Kier alpha value is 0.566. The number of hydrogen-bond donors (Lipinski definition) is 1. The van der Waals surface area contributed by atoms with Gasteiger partial charge in [0.25, 0.3) is 0 Å². The second kappa shape index (κ2) is 6.49. The van der Waals surface area contributed by atoms with E-state index in [-0.39, 0.29) is 62.0 Å². The van der Waals surface area contributed by atoms with Gasteiger partial charge in [0.15, 0.2) is 0 Å². The van der Waals surface area contributed by atoms with Crippen molar-refractivity contribution in [1.82, 2.24) is 0 Å². The van der Waals surface area contributed by atoms with E-state index < -0.39 is 10.1 Å². The van der Waals surface area contributed by atoms with Gasteiger partial charge in [0.05, 0.1) is 4.90 Å². The number of rotatable bonds is 3. The van der Waals surface area contributed by atoms with E-state index in [9.17, 15) is 13.0 Å².